The van der Waals surface area contributed by atoms with Crippen molar-refractivity contribution in [1.82, 2.24) is 10.2 Å². The zero-order valence-electron chi connectivity index (χ0n) is 9.91. The molecule has 1 saturated heterocycles. The Labute approximate surface area is 102 Å². The van der Waals surface area contributed by atoms with E-state index in [-0.39, 0.29) is 0 Å². The lowest BCUT2D eigenvalue weighted by Gasteiger charge is -2.30. The first-order chi connectivity index (χ1) is 7.83. The number of thiophene rings is 1. The fraction of sp³-hybridized carbons (Fsp3) is 0.692. The van der Waals surface area contributed by atoms with Crippen molar-refractivity contribution in [3.05, 3.63) is 21.9 Å². The molecule has 1 fully saturated rings. The van der Waals surface area contributed by atoms with Gasteiger partial charge in [-0.3, -0.25) is 4.90 Å². The van der Waals surface area contributed by atoms with Crippen molar-refractivity contribution < 1.29 is 0 Å². The van der Waals surface area contributed by atoms with E-state index in [0.29, 0.717) is 6.04 Å². The highest BCUT2D eigenvalue weighted by Crippen LogP contribution is 2.26. The molecule has 2 nitrogen and oxygen atoms in total. The SMILES string of the molecule is CC1NCCC1CN1CCc2sccc2C1. The molecule has 0 spiro atoms. The Kier molecular flexibility index (Phi) is 3.01. The smallest absolute Gasteiger partial charge is 0.0245 e. The Morgan fingerprint density at radius 1 is 1.56 bits per heavy atom. The fourth-order valence-corrected chi connectivity index (χ4v) is 3.85. The van der Waals surface area contributed by atoms with Crippen LogP contribution in [0.5, 0.6) is 0 Å². The second-order valence-electron chi connectivity index (χ2n) is 5.15. The summed E-state index contributed by atoms with van der Waals surface area (Å²) >= 11 is 1.93. The summed E-state index contributed by atoms with van der Waals surface area (Å²) in [5.74, 6) is 0.861. The first-order valence-corrected chi connectivity index (χ1v) is 7.22. The van der Waals surface area contributed by atoms with Crippen LogP contribution >= 0.6 is 11.3 Å². The van der Waals surface area contributed by atoms with E-state index in [1.54, 1.807) is 10.4 Å². The lowest BCUT2D eigenvalue weighted by atomic mass is 10.00. The van der Waals surface area contributed by atoms with Gasteiger partial charge >= 0.3 is 0 Å². The highest BCUT2D eigenvalue weighted by molar-refractivity contribution is 7.10. The molecular weight excluding hydrogens is 216 g/mol. The highest BCUT2D eigenvalue weighted by Gasteiger charge is 2.26. The molecule has 1 N–H and O–H groups in total. The van der Waals surface area contributed by atoms with Crippen molar-refractivity contribution in [3.8, 4) is 0 Å². The van der Waals surface area contributed by atoms with Gasteiger partial charge in [0, 0.05) is 30.6 Å². The van der Waals surface area contributed by atoms with Gasteiger partial charge in [-0.25, -0.2) is 0 Å². The van der Waals surface area contributed by atoms with Crippen LogP contribution in [0.2, 0.25) is 0 Å². The van der Waals surface area contributed by atoms with Gasteiger partial charge in [-0.1, -0.05) is 0 Å². The van der Waals surface area contributed by atoms with Crippen molar-refractivity contribution >= 4 is 11.3 Å². The van der Waals surface area contributed by atoms with Gasteiger partial charge in [0.15, 0.2) is 0 Å². The molecule has 2 aliphatic heterocycles. The number of hydrogen-bond acceptors (Lipinski definition) is 3. The van der Waals surface area contributed by atoms with Crippen molar-refractivity contribution in [2.45, 2.75) is 32.4 Å². The molecule has 3 rings (SSSR count). The fourth-order valence-electron chi connectivity index (χ4n) is 2.96. The van der Waals surface area contributed by atoms with Gasteiger partial charge in [0.2, 0.25) is 0 Å². The summed E-state index contributed by atoms with van der Waals surface area (Å²) < 4.78 is 0. The van der Waals surface area contributed by atoms with Gasteiger partial charge in [0.05, 0.1) is 0 Å². The first-order valence-electron chi connectivity index (χ1n) is 6.34. The van der Waals surface area contributed by atoms with Crippen LogP contribution in [0.1, 0.15) is 23.8 Å². The minimum absolute atomic E-state index is 0.712. The lowest BCUT2D eigenvalue weighted by molar-refractivity contribution is 0.208. The molecule has 0 saturated carbocycles. The summed E-state index contributed by atoms with van der Waals surface area (Å²) in [6, 6.07) is 3.02. The third-order valence-electron chi connectivity index (χ3n) is 4.07. The number of fused-ring (bicyclic) bond motifs is 1. The Morgan fingerprint density at radius 3 is 3.31 bits per heavy atom. The molecule has 2 atom stereocenters. The molecule has 16 heavy (non-hydrogen) atoms. The maximum Gasteiger partial charge on any atom is 0.0245 e. The van der Waals surface area contributed by atoms with Crippen LogP contribution in [-0.2, 0) is 13.0 Å². The van der Waals surface area contributed by atoms with Gasteiger partial charge < -0.3 is 5.32 Å². The zero-order valence-corrected chi connectivity index (χ0v) is 10.7. The normalized spacial score (nSPS) is 30.6. The standard InChI is InChI=1S/C13H20N2S/c1-10-11(2-5-14-10)8-15-6-3-13-12(9-15)4-7-16-13/h4,7,10-11,14H,2-3,5-6,8-9H2,1H3. The summed E-state index contributed by atoms with van der Waals surface area (Å²) in [7, 11) is 0. The molecule has 0 aliphatic carbocycles. The van der Waals surface area contributed by atoms with Crippen LogP contribution in [0.25, 0.3) is 0 Å². The van der Waals surface area contributed by atoms with Crippen LogP contribution in [0.3, 0.4) is 0 Å². The van der Waals surface area contributed by atoms with Crippen LogP contribution < -0.4 is 5.32 Å². The largest absolute Gasteiger partial charge is 0.314 e. The Morgan fingerprint density at radius 2 is 2.50 bits per heavy atom. The third kappa shape index (κ3) is 2.04. The van der Waals surface area contributed by atoms with Gasteiger partial charge in [-0.2, -0.15) is 0 Å². The predicted molar refractivity (Wildman–Crippen MR) is 68.9 cm³/mol. The van der Waals surface area contributed by atoms with Crippen LogP contribution in [-0.4, -0.2) is 30.6 Å². The van der Waals surface area contributed by atoms with Gasteiger partial charge in [-0.05, 0) is 49.2 Å². The van der Waals surface area contributed by atoms with Gasteiger partial charge in [0.25, 0.3) is 0 Å². The number of nitrogens with one attached hydrogen (secondary N) is 1. The molecule has 0 radical (unpaired) electrons. The average Bonchev–Trinajstić information content (AvgIpc) is 2.88. The molecule has 3 heteroatoms. The molecule has 1 aromatic heterocycles. The molecule has 0 bridgehead atoms. The van der Waals surface area contributed by atoms with E-state index in [1.807, 2.05) is 11.3 Å². The summed E-state index contributed by atoms with van der Waals surface area (Å²) in [6.07, 6.45) is 2.62. The summed E-state index contributed by atoms with van der Waals surface area (Å²) in [4.78, 5) is 4.26. The lowest BCUT2D eigenvalue weighted by Crippen LogP contribution is -2.37. The molecule has 2 aliphatic rings. The van der Waals surface area contributed by atoms with Crippen molar-refractivity contribution in [1.29, 1.82) is 0 Å². The van der Waals surface area contributed by atoms with E-state index >= 15 is 0 Å². The number of rotatable bonds is 2. The molecular formula is C13H20N2S. The van der Waals surface area contributed by atoms with Crippen molar-refractivity contribution in [2.75, 3.05) is 19.6 Å². The van der Waals surface area contributed by atoms with E-state index in [4.69, 9.17) is 0 Å². The monoisotopic (exact) mass is 236 g/mol. The summed E-state index contributed by atoms with van der Waals surface area (Å²) in [5, 5.41) is 5.79. The van der Waals surface area contributed by atoms with E-state index in [1.165, 1.54) is 39.0 Å². The van der Waals surface area contributed by atoms with Crippen molar-refractivity contribution in [2.24, 2.45) is 5.92 Å². The topological polar surface area (TPSA) is 15.3 Å². The first kappa shape index (κ1) is 10.8. The zero-order chi connectivity index (χ0) is 11.0. The van der Waals surface area contributed by atoms with Gasteiger partial charge in [-0.15, -0.1) is 11.3 Å². The number of nitrogens with zero attached hydrogens (tertiary/aromatic N) is 1. The maximum absolute atomic E-state index is 3.55. The van der Waals surface area contributed by atoms with Crippen molar-refractivity contribution in [3.63, 3.8) is 0 Å². The van der Waals surface area contributed by atoms with E-state index < -0.39 is 0 Å². The molecule has 3 heterocycles. The second-order valence-corrected chi connectivity index (χ2v) is 6.15. The highest BCUT2D eigenvalue weighted by atomic mass is 32.1. The summed E-state index contributed by atoms with van der Waals surface area (Å²) in [6.45, 7) is 7.27. The van der Waals surface area contributed by atoms with E-state index in [2.05, 4.69) is 28.6 Å². The molecule has 0 aromatic carbocycles. The quantitative estimate of drug-likeness (QED) is 0.846. The van der Waals surface area contributed by atoms with Crippen LogP contribution in [0.4, 0.5) is 0 Å². The predicted octanol–water partition coefficient (Wildman–Crippen LogP) is 2.10. The van der Waals surface area contributed by atoms with E-state index in [0.717, 1.165) is 5.92 Å². The maximum atomic E-state index is 3.55. The molecule has 1 aromatic rings. The summed E-state index contributed by atoms with van der Waals surface area (Å²) in [5.41, 5.74) is 1.58. The number of hydrogen-bond donors (Lipinski definition) is 1. The van der Waals surface area contributed by atoms with E-state index in [9.17, 15) is 0 Å². The van der Waals surface area contributed by atoms with Gasteiger partial charge in [0.1, 0.15) is 0 Å². The third-order valence-corrected chi connectivity index (χ3v) is 5.09. The molecule has 2 unspecified atom stereocenters. The Bertz CT molecular complexity index is 361. The average molecular weight is 236 g/mol. The molecule has 88 valence electrons. The molecule has 0 amide bonds. The Hall–Kier alpha value is -0.380. The van der Waals surface area contributed by atoms with Crippen LogP contribution in [0.15, 0.2) is 11.4 Å². The van der Waals surface area contributed by atoms with Crippen LogP contribution in [0, 0.1) is 5.92 Å². The minimum atomic E-state index is 0.712. The second kappa shape index (κ2) is 4.47. The minimum Gasteiger partial charge on any atom is -0.314 e. The Balaban J connectivity index is 1.61.